The second-order valence-corrected chi connectivity index (χ2v) is 13.5. The minimum atomic E-state index is -0.699. The highest BCUT2D eigenvalue weighted by Gasteiger charge is 2.36. The fourth-order valence-electron chi connectivity index (χ4n) is 6.57. The predicted octanol–water partition coefficient (Wildman–Crippen LogP) is 13.1. The zero-order chi connectivity index (χ0) is 31.0. The molecule has 0 aromatic heterocycles. The second-order valence-electron chi connectivity index (χ2n) is 13.5. The number of hydrogen-bond acceptors (Lipinski definition) is 2. The summed E-state index contributed by atoms with van der Waals surface area (Å²) in [6.07, 6.45) is 38.7. The highest BCUT2D eigenvalue weighted by Crippen LogP contribution is 2.38. The normalized spacial score (nSPS) is 11.8. The van der Waals surface area contributed by atoms with Crippen molar-refractivity contribution >= 4 is 11.9 Å². The molecule has 0 amide bonds. The van der Waals surface area contributed by atoms with Crippen LogP contribution in [0.5, 0.6) is 0 Å². The molecule has 0 spiro atoms. The van der Waals surface area contributed by atoms with Crippen molar-refractivity contribution in [1.82, 2.24) is 0 Å². The highest BCUT2D eigenvalue weighted by molar-refractivity contribution is 5.74. The monoisotopic (exact) mass is 595 g/mol. The molecule has 0 saturated heterocycles. The lowest BCUT2D eigenvalue weighted by molar-refractivity contribution is -0.151. The molecule has 0 aliphatic rings. The Hall–Kier alpha value is -1.06. The lowest BCUT2D eigenvalue weighted by Gasteiger charge is -2.30. The van der Waals surface area contributed by atoms with Crippen molar-refractivity contribution in [2.75, 3.05) is 0 Å². The molecule has 42 heavy (non-hydrogen) atoms. The van der Waals surface area contributed by atoms with Gasteiger partial charge in [0.15, 0.2) is 0 Å². The van der Waals surface area contributed by atoms with Crippen molar-refractivity contribution in [2.24, 2.45) is 5.41 Å². The number of carboxylic acids is 2. The van der Waals surface area contributed by atoms with Crippen molar-refractivity contribution in [2.45, 2.75) is 226 Å². The number of carbonyl (C=O) groups is 2. The van der Waals surface area contributed by atoms with Crippen LogP contribution in [-0.2, 0) is 9.59 Å². The van der Waals surface area contributed by atoms with Gasteiger partial charge in [-0.25, -0.2) is 0 Å². The molecule has 0 heterocycles. The van der Waals surface area contributed by atoms with E-state index in [0.29, 0.717) is 0 Å². The Morgan fingerprint density at radius 1 is 0.381 bits per heavy atom. The average Bonchev–Trinajstić information content (AvgIpc) is 2.97. The maximum absolute atomic E-state index is 12.7. The van der Waals surface area contributed by atoms with Gasteiger partial charge < -0.3 is 10.2 Å². The standard InChI is InChI=1S/C38H74O4/c1-3-5-7-9-11-13-15-17-21-25-29-33-38(37(41)42,35-31-27-23-19-20-24-28-32-36(39)40)34-30-26-22-18-16-14-12-10-8-6-4-2/h3-35H2,1-2H3,(H,39,40)(H,41,42). The Balaban J connectivity index is 4.41. The smallest absolute Gasteiger partial charge is 0.309 e. The summed E-state index contributed by atoms with van der Waals surface area (Å²) in [5, 5.41) is 19.2. The average molecular weight is 595 g/mol. The molecule has 0 aromatic carbocycles. The zero-order valence-corrected chi connectivity index (χ0v) is 28.5. The van der Waals surface area contributed by atoms with Gasteiger partial charge in [0.1, 0.15) is 0 Å². The third kappa shape index (κ3) is 26.6. The zero-order valence-electron chi connectivity index (χ0n) is 28.5. The quantitative estimate of drug-likeness (QED) is 0.0716. The lowest BCUT2D eigenvalue weighted by Crippen LogP contribution is -2.31. The number of carboxylic acid groups (broad SMARTS) is 2. The lowest BCUT2D eigenvalue weighted by atomic mass is 9.74. The van der Waals surface area contributed by atoms with Gasteiger partial charge in [0.05, 0.1) is 5.41 Å². The van der Waals surface area contributed by atoms with E-state index in [4.69, 9.17) is 5.11 Å². The Bertz CT molecular complexity index is 562. The molecular formula is C38H74O4. The molecule has 0 unspecified atom stereocenters. The van der Waals surface area contributed by atoms with E-state index in [1.54, 1.807) is 0 Å². The summed E-state index contributed by atoms with van der Waals surface area (Å²) in [7, 11) is 0. The third-order valence-electron chi connectivity index (χ3n) is 9.52. The van der Waals surface area contributed by atoms with Crippen LogP contribution >= 0.6 is 0 Å². The predicted molar refractivity (Wildman–Crippen MR) is 181 cm³/mol. The molecule has 0 atom stereocenters. The summed E-state index contributed by atoms with van der Waals surface area (Å²) in [5.74, 6) is -1.24. The summed E-state index contributed by atoms with van der Waals surface area (Å²) in [6, 6.07) is 0. The molecule has 250 valence electrons. The van der Waals surface area contributed by atoms with E-state index >= 15 is 0 Å². The summed E-state index contributed by atoms with van der Waals surface area (Å²) < 4.78 is 0. The molecule has 0 aromatic rings. The summed E-state index contributed by atoms with van der Waals surface area (Å²) in [6.45, 7) is 4.54. The van der Waals surface area contributed by atoms with E-state index in [-0.39, 0.29) is 6.42 Å². The number of rotatable bonds is 35. The van der Waals surface area contributed by atoms with Crippen molar-refractivity contribution in [1.29, 1.82) is 0 Å². The fraction of sp³-hybridized carbons (Fsp3) is 0.947. The van der Waals surface area contributed by atoms with Gasteiger partial charge in [-0.15, -0.1) is 0 Å². The van der Waals surface area contributed by atoms with Crippen LogP contribution in [0.4, 0.5) is 0 Å². The van der Waals surface area contributed by atoms with Gasteiger partial charge in [-0.2, -0.15) is 0 Å². The summed E-state index contributed by atoms with van der Waals surface area (Å²) in [4.78, 5) is 23.4. The third-order valence-corrected chi connectivity index (χ3v) is 9.52. The van der Waals surface area contributed by atoms with Gasteiger partial charge >= 0.3 is 11.9 Å². The SMILES string of the molecule is CCCCCCCCCCCCCC(CCCCCCCCCCCCC)(CCCCCCCCCC(=O)O)C(=O)O. The molecule has 0 aliphatic heterocycles. The van der Waals surface area contributed by atoms with Gasteiger partial charge in [0, 0.05) is 6.42 Å². The first-order valence-electron chi connectivity index (χ1n) is 18.9. The van der Waals surface area contributed by atoms with Gasteiger partial charge in [-0.05, 0) is 25.7 Å². The number of aliphatic carboxylic acids is 2. The molecule has 0 radical (unpaired) electrons. The molecule has 0 saturated carbocycles. The highest BCUT2D eigenvalue weighted by atomic mass is 16.4. The largest absolute Gasteiger partial charge is 0.481 e. The maximum atomic E-state index is 12.7. The second kappa shape index (κ2) is 31.4. The first kappa shape index (κ1) is 40.9. The molecule has 4 nitrogen and oxygen atoms in total. The van der Waals surface area contributed by atoms with Crippen molar-refractivity contribution in [3.63, 3.8) is 0 Å². The molecule has 0 aliphatic carbocycles. The maximum Gasteiger partial charge on any atom is 0.309 e. The molecule has 0 fully saturated rings. The number of hydrogen-bond donors (Lipinski definition) is 2. The van der Waals surface area contributed by atoms with E-state index in [0.717, 1.165) is 77.0 Å². The Morgan fingerprint density at radius 2 is 0.619 bits per heavy atom. The van der Waals surface area contributed by atoms with Gasteiger partial charge in [0.2, 0.25) is 0 Å². The molecule has 0 rings (SSSR count). The van der Waals surface area contributed by atoms with Gasteiger partial charge in [-0.1, -0.05) is 194 Å². The van der Waals surface area contributed by atoms with E-state index in [2.05, 4.69) is 13.8 Å². The molecule has 2 N–H and O–H groups in total. The summed E-state index contributed by atoms with van der Waals surface area (Å²) in [5.41, 5.74) is -0.528. The van der Waals surface area contributed by atoms with E-state index < -0.39 is 17.4 Å². The van der Waals surface area contributed by atoms with Crippen LogP contribution in [0.3, 0.4) is 0 Å². The molecule has 0 bridgehead atoms. The van der Waals surface area contributed by atoms with Gasteiger partial charge in [0.25, 0.3) is 0 Å². The Labute approximate surface area is 262 Å². The first-order valence-corrected chi connectivity index (χ1v) is 18.9. The van der Waals surface area contributed by atoms with Crippen LogP contribution in [-0.4, -0.2) is 22.2 Å². The van der Waals surface area contributed by atoms with Crippen LogP contribution in [0, 0.1) is 5.41 Å². The van der Waals surface area contributed by atoms with Crippen LogP contribution < -0.4 is 0 Å². The topological polar surface area (TPSA) is 74.6 Å². The van der Waals surface area contributed by atoms with E-state index in [1.165, 1.54) is 128 Å². The Morgan fingerprint density at radius 3 is 0.857 bits per heavy atom. The summed E-state index contributed by atoms with van der Waals surface area (Å²) >= 11 is 0. The van der Waals surface area contributed by atoms with Crippen LogP contribution in [0.1, 0.15) is 226 Å². The van der Waals surface area contributed by atoms with Crippen LogP contribution in [0.2, 0.25) is 0 Å². The van der Waals surface area contributed by atoms with Gasteiger partial charge in [-0.3, -0.25) is 9.59 Å². The molecular weight excluding hydrogens is 520 g/mol. The van der Waals surface area contributed by atoms with Crippen molar-refractivity contribution in [3.8, 4) is 0 Å². The van der Waals surface area contributed by atoms with Crippen LogP contribution in [0.15, 0.2) is 0 Å². The molecule has 4 heteroatoms. The first-order chi connectivity index (χ1) is 20.5. The van der Waals surface area contributed by atoms with Crippen molar-refractivity contribution < 1.29 is 19.8 Å². The Kier molecular flexibility index (Phi) is 30.6. The van der Waals surface area contributed by atoms with E-state index in [1.807, 2.05) is 0 Å². The fourth-order valence-corrected chi connectivity index (χ4v) is 6.57. The number of unbranched alkanes of at least 4 members (excludes halogenated alkanes) is 26. The van der Waals surface area contributed by atoms with E-state index in [9.17, 15) is 14.7 Å². The minimum Gasteiger partial charge on any atom is -0.481 e. The minimum absolute atomic E-state index is 0.277. The van der Waals surface area contributed by atoms with Crippen molar-refractivity contribution in [3.05, 3.63) is 0 Å². The van der Waals surface area contributed by atoms with Crippen LogP contribution in [0.25, 0.3) is 0 Å².